The second-order valence-electron chi connectivity index (χ2n) is 3.37. The molecule has 0 unspecified atom stereocenters. The Morgan fingerprint density at radius 2 is 2.18 bits per heavy atom. The van der Waals surface area contributed by atoms with Crippen LogP contribution in [0.5, 0.6) is 0 Å². The van der Waals surface area contributed by atoms with Crippen molar-refractivity contribution in [3.8, 4) is 0 Å². The van der Waals surface area contributed by atoms with E-state index in [1.807, 2.05) is 0 Å². The molecule has 0 bridgehead atoms. The number of hydrogen-bond donors (Lipinski definition) is 1. The number of rotatable bonds is 5. The zero-order chi connectivity index (χ0) is 12.7. The predicted molar refractivity (Wildman–Crippen MR) is 73.3 cm³/mol. The van der Waals surface area contributed by atoms with E-state index in [1.165, 1.54) is 6.08 Å². The lowest BCUT2D eigenvalue weighted by Gasteiger charge is -2.00. The number of hydrogen-bond acceptors (Lipinski definition) is 1. The third-order valence-electron chi connectivity index (χ3n) is 2.02. The fourth-order valence-corrected chi connectivity index (χ4v) is 1.63. The van der Waals surface area contributed by atoms with Crippen molar-refractivity contribution in [3.63, 3.8) is 0 Å². The van der Waals surface area contributed by atoms with E-state index < -0.39 is 0 Å². The van der Waals surface area contributed by atoms with Crippen LogP contribution in [-0.2, 0) is 4.79 Å². The summed E-state index contributed by atoms with van der Waals surface area (Å²) in [6, 6.07) is 5.12. The minimum absolute atomic E-state index is 0.155. The first kappa shape index (κ1) is 13.8. The third-order valence-corrected chi connectivity index (χ3v) is 2.59. The molecule has 17 heavy (non-hydrogen) atoms. The van der Waals surface area contributed by atoms with Crippen molar-refractivity contribution >= 4 is 35.2 Å². The molecule has 1 rings (SSSR count). The van der Waals surface area contributed by atoms with Crippen LogP contribution >= 0.6 is 23.2 Å². The number of benzene rings is 1. The standard InChI is InChI=1S/C13H13Cl2NO/c1-2-3-8-16-13(17)7-5-10-4-6-11(14)9-12(10)15/h2,4-7,9H,1,3,8H2,(H,16,17)/b7-5+. The monoisotopic (exact) mass is 269 g/mol. The van der Waals surface area contributed by atoms with Gasteiger partial charge in [0.2, 0.25) is 5.91 Å². The second kappa shape index (κ2) is 7.15. The van der Waals surface area contributed by atoms with Gasteiger partial charge in [-0.25, -0.2) is 0 Å². The van der Waals surface area contributed by atoms with E-state index in [4.69, 9.17) is 23.2 Å². The lowest BCUT2D eigenvalue weighted by atomic mass is 10.2. The molecule has 0 spiro atoms. The summed E-state index contributed by atoms with van der Waals surface area (Å²) in [6.07, 6.45) is 5.60. The molecule has 2 nitrogen and oxygen atoms in total. The summed E-state index contributed by atoms with van der Waals surface area (Å²) in [5, 5.41) is 3.81. The first-order valence-electron chi connectivity index (χ1n) is 5.15. The molecule has 0 radical (unpaired) electrons. The first-order valence-corrected chi connectivity index (χ1v) is 5.91. The average Bonchev–Trinajstić information content (AvgIpc) is 2.28. The zero-order valence-electron chi connectivity index (χ0n) is 9.25. The largest absolute Gasteiger partial charge is 0.352 e. The van der Waals surface area contributed by atoms with Crippen molar-refractivity contribution in [1.29, 1.82) is 0 Å². The summed E-state index contributed by atoms with van der Waals surface area (Å²) in [4.78, 5) is 11.4. The van der Waals surface area contributed by atoms with Crippen molar-refractivity contribution < 1.29 is 4.79 Å². The minimum atomic E-state index is -0.155. The minimum Gasteiger partial charge on any atom is -0.352 e. The van der Waals surface area contributed by atoms with Crippen LogP contribution in [-0.4, -0.2) is 12.5 Å². The Hall–Kier alpha value is -1.25. The summed E-state index contributed by atoms with van der Waals surface area (Å²) < 4.78 is 0. The van der Waals surface area contributed by atoms with Crippen LogP contribution in [0.1, 0.15) is 12.0 Å². The molecule has 4 heteroatoms. The molecule has 0 heterocycles. The van der Waals surface area contributed by atoms with Gasteiger partial charge in [0.25, 0.3) is 0 Å². The number of halogens is 2. The Balaban J connectivity index is 2.57. The molecule has 0 aromatic heterocycles. The highest BCUT2D eigenvalue weighted by atomic mass is 35.5. The topological polar surface area (TPSA) is 29.1 Å². The van der Waals surface area contributed by atoms with Gasteiger partial charge in [-0.2, -0.15) is 0 Å². The third kappa shape index (κ3) is 5.07. The molecular weight excluding hydrogens is 257 g/mol. The Bertz CT molecular complexity index is 441. The van der Waals surface area contributed by atoms with Gasteiger partial charge in [-0.15, -0.1) is 6.58 Å². The maximum Gasteiger partial charge on any atom is 0.244 e. The van der Waals surface area contributed by atoms with Gasteiger partial charge in [0.05, 0.1) is 0 Å². The molecule has 0 fully saturated rings. The van der Waals surface area contributed by atoms with Gasteiger partial charge in [0, 0.05) is 22.7 Å². The number of amides is 1. The molecule has 0 saturated heterocycles. The lowest BCUT2D eigenvalue weighted by Crippen LogP contribution is -2.21. The Morgan fingerprint density at radius 3 is 2.82 bits per heavy atom. The van der Waals surface area contributed by atoms with E-state index in [0.29, 0.717) is 16.6 Å². The fourth-order valence-electron chi connectivity index (χ4n) is 1.16. The normalized spacial score (nSPS) is 10.5. The summed E-state index contributed by atoms with van der Waals surface area (Å²) in [6.45, 7) is 4.16. The molecule has 1 amide bonds. The second-order valence-corrected chi connectivity index (χ2v) is 4.21. The molecule has 1 aromatic rings. The molecule has 0 aliphatic rings. The molecule has 1 aromatic carbocycles. The van der Waals surface area contributed by atoms with Gasteiger partial charge >= 0.3 is 0 Å². The van der Waals surface area contributed by atoms with E-state index in [9.17, 15) is 4.79 Å². The van der Waals surface area contributed by atoms with Crippen molar-refractivity contribution in [2.75, 3.05) is 6.54 Å². The van der Waals surface area contributed by atoms with E-state index in [1.54, 1.807) is 30.4 Å². The first-order chi connectivity index (χ1) is 8.13. The molecule has 0 atom stereocenters. The van der Waals surface area contributed by atoms with Crippen molar-refractivity contribution in [1.82, 2.24) is 5.32 Å². The van der Waals surface area contributed by atoms with Gasteiger partial charge in [-0.05, 0) is 30.2 Å². The smallest absolute Gasteiger partial charge is 0.244 e. The van der Waals surface area contributed by atoms with E-state index in [0.717, 1.165) is 12.0 Å². The predicted octanol–water partition coefficient (Wildman–Crippen LogP) is 3.70. The SMILES string of the molecule is C=CCCNC(=O)/C=C/c1ccc(Cl)cc1Cl. The van der Waals surface area contributed by atoms with Crippen molar-refractivity contribution in [2.45, 2.75) is 6.42 Å². The molecule has 0 aliphatic heterocycles. The quantitative estimate of drug-likeness (QED) is 0.493. The lowest BCUT2D eigenvalue weighted by molar-refractivity contribution is -0.116. The van der Waals surface area contributed by atoms with Crippen LogP contribution in [0, 0.1) is 0 Å². The van der Waals surface area contributed by atoms with Gasteiger partial charge in [0.15, 0.2) is 0 Å². The number of carbonyl (C=O) groups is 1. The van der Waals surface area contributed by atoms with E-state index >= 15 is 0 Å². The number of nitrogens with one attached hydrogen (secondary N) is 1. The Labute approximate surface area is 111 Å². The fraction of sp³-hybridized carbons (Fsp3) is 0.154. The maximum atomic E-state index is 11.4. The highest BCUT2D eigenvalue weighted by Gasteiger charge is 1.98. The number of carbonyl (C=O) groups excluding carboxylic acids is 1. The van der Waals surface area contributed by atoms with Crippen LogP contribution in [0.3, 0.4) is 0 Å². The molecule has 1 N–H and O–H groups in total. The molecule has 90 valence electrons. The Morgan fingerprint density at radius 1 is 1.41 bits per heavy atom. The molecule has 0 aliphatic carbocycles. The van der Waals surface area contributed by atoms with Gasteiger partial charge in [-0.1, -0.05) is 35.3 Å². The summed E-state index contributed by atoms with van der Waals surface area (Å²) in [5.74, 6) is -0.155. The van der Waals surface area contributed by atoms with E-state index in [2.05, 4.69) is 11.9 Å². The van der Waals surface area contributed by atoms with Crippen LogP contribution in [0.2, 0.25) is 10.0 Å². The van der Waals surface area contributed by atoms with Crippen LogP contribution < -0.4 is 5.32 Å². The van der Waals surface area contributed by atoms with Gasteiger partial charge < -0.3 is 5.32 Å². The van der Waals surface area contributed by atoms with E-state index in [-0.39, 0.29) is 5.91 Å². The maximum absolute atomic E-state index is 11.4. The molecule has 0 saturated carbocycles. The van der Waals surface area contributed by atoms with Crippen molar-refractivity contribution in [3.05, 3.63) is 52.5 Å². The van der Waals surface area contributed by atoms with Gasteiger partial charge in [0.1, 0.15) is 0 Å². The summed E-state index contributed by atoms with van der Waals surface area (Å²) in [5.41, 5.74) is 0.759. The molecular formula is C13H13Cl2NO. The van der Waals surface area contributed by atoms with Crippen LogP contribution in [0.4, 0.5) is 0 Å². The van der Waals surface area contributed by atoms with Crippen molar-refractivity contribution in [2.24, 2.45) is 0 Å². The zero-order valence-corrected chi connectivity index (χ0v) is 10.8. The highest BCUT2D eigenvalue weighted by molar-refractivity contribution is 6.35. The average molecular weight is 270 g/mol. The Kier molecular flexibility index (Phi) is 5.81. The highest BCUT2D eigenvalue weighted by Crippen LogP contribution is 2.21. The van der Waals surface area contributed by atoms with Gasteiger partial charge in [-0.3, -0.25) is 4.79 Å². The van der Waals surface area contributed by atoms with Crippen LogP contribution in [0.25, 0.3) is 6.08 Å². The van der Waals surface area contributed by atoms with Crippen LogP contribution in [0.15, 0.2) is 36.9 Å². The summed E-state index contributed by atoms with van der Waals surface area (Å²) >= 11 is 11.7. The summed E-state index contributed by atoms with van der Waals surface area (Å²) in [7, 11) is 0.